The molecule has 0 N–H and O–H groups in total. The number of rotatable bonds is 1. The standard InChI is InChI=1S/C8H14O3S/c1-2-11-7(5-9-1)8-6-10-3-4-12-8/h7-8H,1-6H2. The molecule has 2 saturated heterocycles. The van der Waals surface area contributed by atoms with E-state index in [0.29, 0.717) is 5.25 Å². The Hall–Kier alpha value is 0.230. The summed E-state index contributed by atoms with van der Waals surface area (Å²) in [5.74, 6) is 1.09. The van der Waals surface area contributed by atoms with E-state index < -0.39 is 0 Å². The van der Waals surface area contributed by atoms with Crippen molar-refractivity contribution in [3.8, 4) is 0 Å². The Bertz CT molecular complexity index is 114. The van der Waals surface area contributed by atoms with Gasteiger partial charge in [0.1, 0.15) is 0 Å². The predicted molar refractivity (Wildman–Crippen MR) is 47.6 cm³/mol. The highest BCUT2D eigenvalue weighted by Crippen LogP contribution is 2.22. The average Bonchev–Trinajstić information content (AvgIpc) is 2.21. The van der Waals surface area contributed by atoms with Gasteiger partial charge in [-0.1, -0.05) is 0 Å². The number of hydrogen-bond donors (Lipinski definition) is 0. The molecule has 0 saturated carbocycles. The molecule has 2 fully saturated rings. The fourth-order valence-corrected chi connectivity index (χ4v) is 2.52. The largest absolute Gasteiger partial charge is 0.379 e. The highest BCUT2D eigenvalue weighted by Gasteiger charge is 2.27. The van der Waals surface area contributed by atoms with Gasteiger partial charge in [0.25, 0.3) is 0 Å². The maximum absolute atomic E-state index is 5.59. The van der Waals surface area contributed by atoms with E-state index >= 15 is 0 Å². The predicted octanol–water partition coefficient (Wildman–Crippen LogP) is 0.534. The molecule has 0 bridgehead atoms. The van der Waals surface area contributed by atoms with Crippen LogP contribution in [0.2, 0.25) is 0 Å². The number of hydrogen-bond acceptors (Lipinski definition) is 4. The first-order chi connectivity index (χ1) is 5.97. The smallest absolute Gasteiger partial charge is 0.0950 e. The molecule has 12 heavy (non-hydrogen) atoms. The van der Waals surface area contributed by atoms with Crippen molar-refractivity contribution < 1.29 is 14.2 Å². The van der Waals surface area contributed by atoms with Gasteiger partial charge in [0, 0.05) is 5.75 Å². The molecule has 2 aliphatic heterocycles. The lowest BCUT2D eigenvalue weighted by Gasteiger charge is -2.32. The molecule has 2 atom stereocenters. The summed E-state index contributed by atoms with van der Waals surface area (Å²) >= 11 is 1.94. The molecule has 0 aromatic carbocycles. The maximum Gasteiger partial charge on any atom is 0.0950 e. The Balaban J connectivity index is 1.80. The molecule has 0 amide bonds. The normalized spacial score (nSPS) is 38.0. The van der Waals surface area contributed by atoms with E-state index in [0.717, 1.165) is 38.8 Å². The van der Waals surface area contributed by atoms with E-state index in [2.05, 4.69) is 0 Å². The van der Waals surface area contributed by atoms with Crippen LogP contribution in [-0.2, 0) is 14.2 Å². The second-order valence-corrected chi connectivity index (χ2v) is 4.32. The van der Waals surface area contributed by atoms with Crippen LogP contribution in [0.15, 0.2) is 0 Å². The van der Waals surface area contributed by atoms with Crippen molar-refractivity contribution in [1.29, 1.82) is 0 Å². The van der Waals surface area contributed by atoms with Gasteiger partial charge in [0.05, 0.1) is 44.4 Å². The van der Waals surface area contributed by atoms with Gasteiger partial charge in [0.15, 0.2) is 0 Å². The molecule has 0 aromatic rings. The first-order valence-electron chi connectivity index (χ1n) is 4.35. The molecular weight excluding hydrogens is 176 g/mol. The van der Waals surface area contributed by atoms with E-state index in [-0.39, 0.29) is 6.10 Å². The average molecular weight is 190 g/mol. The van der Waals surface area contributed by atoms with Crippen LogP contribution in [0.5, 0.6) is 0 Å². The quantitative estimate of drug-likeness (QED) is 0.603. The first kappa shape index (κ1) is 8.81. The van der Waals surface area contributed by atoms with Crippen LogP contribution < -0.4 is 0 Å². The van der Waals surface area contributed by atoms with Crippen LogP contribution in [0.3, 0.4) is 0 Å². The summed E-state index contributed by atoms with van der Waals surface area (Å²) in [5, 5.41) is 0.485. The Labute approximate surface area is 76.7 Å². The molecule has 4 heteroatoms. The fraction of sp³-hybridized carbons (Fsp3) is 1.00. The minimum Gasteiger partial charge on any atom is -0.379 e. The van der Waals surface area contributed by atoms with Crippen molar-refractivity contribution in [3.05, 3.63) is 0 Å². The van der Waals surface area contributed by atoms with Crippen LogP contribution >= 0.6 is 11.8 Å². The fourth-order valence-electron chi connectivity index (χ4n) is 1.44. The second kappa shape index (κ2) is 4.46. The van der Waals surface area contributed by atoms with Gasteiger partial charge in [-0.3, -0.25) is 0 Å². The monoisotopic (exact) mass is 190 g/mol. The van der Waals surface area contributed by atoms with Gasteiger partial charge in [-0.2, -0.15) is 11.8 Å². The third-order valence-electron chi connectivity index (χ3n) is 2.10. The molecule has 70 valence electrons. The van der Waals surface area contributed by atoms with Crippen molar-refractivity contribution in [1.82, 2.24) is 0 Å². The van der Waals surface area contributed by atoms with Gasteiger partial charge >= 0.3 is 0 Å². The summed E-state index contributed by atoms with van der Waals surface area (Å²) in [7, 11) is 0. The molecular formula is C8H14O3S. The number of ether oxygens (including phenoxy) is 3. The summed E-state index contributed by atoms with van der Waals surface area (Å²) in [6.45, 7) is 3.92. The van der Waals surface area contributed by atoms with E-state index in [1.807, 2.05) is 11.8 Å². The highest BCUT2D eigenvalue weighted by molar-refractivity contribution is 8.00. The molecule has 2 unspecified atom stereocenters. The van der Waals surface area contributed by atoms with Crippen molar-refractivity contribution >= 4 is 11.8 Å². The zero-order chi connectivity index (χ0) is 8.23. The topological polar surface area (TPSA) is 27.7 Å². The lowest BCUT2D eigenvalue weighted by Crippen LogP contribution is -2.41. The van der Waals surface area contributed by atoms with Crippen molar-refractivity contribution in [2.75, 3.05) is 38.8 Å². The second-order valence-electron chi connectivity index (χ2n) is 2.97. The summed E-state index contributed by atoms with van der Waals surface area (Å²) < 4.78 is 16.3. The molecule has 2 heterocycles. The van der Waals surface area contributed by atoms with Crippen molar-refractivity contribution in [2.24, 2.45) is 0 Å². The molecule has 0 spiro atoms. The SMILES string of the molecule is C1COC(C2COCCS2)CO1. The van der Waals surface area contributed by atoms with E-state index in [4.69, 9.17) is 14.2 Å². The van der Waals surface area contributed by atoms with E-state index in [1.165, 1.54) is 0 Å². The Kier molecular flexibility index (Phi) is 3.28. The first-order valence-corrected chi connectivity index (χ1v) is 5.40. The molecule has 0 aliphatic carbocycles. The maximum atomic E-state index is 5.59. The Morgan fingerprint density at radius 3 is 2.58 bits per heavy atom. The molecule has 0 radical (unpaired) electrons. The van der Waals surface area contributed by atoms with Crippen LogP contribution in [0.4, 0.5) is 0 Å². The minimum atomic E-state index is 0.254. The summed E-state index contributed by atoms with van der Waals surface area (Å²) in [5.41, 5.74) is 0. The third kappa shape index (κ3) is 2.13. The van der Waals surface area contributed by atoms with Crippen molar-refractivity contribution in [3.63, 3.8) is 0 Å². The van der Waals surface area contributed by atoms with E-state index in [9.17, 15) is 0 Å². The van der Waals surface area contributed by atoms with E-state index in [1.54, 1.807) is 0 Å². The van der Waals surface area contributed by atoms with Crippen LogP contribution in [-0.4, -0.2) is 50.1 Å². The van der Waals surface area contributed by atoms with Gasteiger partial charge in [-0.25, -0.2) is 0 Å². The van der Waals surface area contributed by atoms with Gasteiger partial charge in [0.2, 0.25) is 0 Å². The molecule has 3 nitrogen and oxygen atoms in total. The zero-order valence-corrected chi connectivity index (χ0v) is 7.85. The van der Waals surface area contributed by atoms with Gasteiger partial charge in [-0.05, 0) is 0 Å². The lowest BCUT2D eigenvalue weighted by molar-refractivity contribution is -0.0948. The Morgan fingerprint density at radius 2 is 1.92 bits per heavy atom. The molecule has 0 aromatic heterocycles. The summed E-state index contributed by atoms with van der Waals surface area (Å²) in [4.78, 5) is 0. The van der Waals surface area contributed by atoms with Crippen LogP contribution in [0, 0.1) is 0 Å². The number of thioether (sulfide) groups is 1. The van der Waals surface area contributed by atoms with Gasteiger partial charge < -0.3 is 14.2 Å². The highest BCUT2D eigenvalue weighted by atomic mass is 32.2. The van der Waals surface area contributed by atoms with Crippen LogP contribution in [0.1, 0.15) is 0 Å². The van der Waals surface area contributed by atoms with Crippen molar-refractivity contribution in [2.45, 2.75) is 11.4 Å². The zero-order valence-electron chi connectivity index (χ0n) is 7.03. The van der Waals surface area contributed by atoms with Crippen LogP contribution in [0.25, 0.3) is 0 Å². The Morgan fingerprint density at radius 1 is 1.00 bits per heavy atom. The summed E-state index contributed by atoms with van der Waals surface area (Å²) in [6, 6.07) is 0. The third-order valence-corrected chi connectivity index (χ3v) is 3.37. The van der Waals surface area contributed by atoms with Gasteiger partial charge in [-0.15, -0.1) is 0 Å². The molecule has 2 rings (SSSR count). The summed E-state index contributed by atoms with van der Waals surface area (Å²) in [6.07, 6.45) is 0.254. The minimum absolute atomic E-state index is 0.254. The molecule has 2 aliphatic rings. The lowest BCUT2D eigenvalue weighted by atomic mass is 10.2.